The van der Waals surface area contributed by atoms with E-state index in [1.165, 1.54) is 0 Å². The molecule has 0 spiro atoms. The van der Waals surface area contributed by atoms with Crippen LogP contribution in [0.1, 0.15) is 54.5 Å². The molecule has 0 aliphatic carbocycles. The van der Waals surface area contributed by atoms with Crippen molar-refractivity contribution < 1.29 is 9.05 Å². The molecule has 0 aliphatic heterocycles. The van der Waals surface area contributed by atoms with Crippen molar-refractivity contribution >= 4 is 18.6 Å². The summed E-state index contributed by atoms with van der Waals surface area (Å²) in [5.41, 5.74) is 0.379. The minimum Gasteiger partial charge on any atom is -0.330 e. The molecule has 1 rings (SSSR count). The van der Waals surface area contributed by atoms with Gasteiger partial charge in [0, 0.05) is 6.04 Å². The summed E-state index contributed by atoms with van der Waals surface area (Å²) in [4.78, 5) is 0. The Labute approximate surface area is 128 Å². The quantitative estimate of drug-likeness (QED) is 0.754. The molecule has 120 valence electrons. The predicted octanol–water partition coefficient (Wildman–Crippen LogP) is 3.56. The Morgan fingerprint density at radius 3 is 2.29 bits per heavy atom. The lowest BCUT2D eigenvalue weighted by atomic mass is 10.2. The van der Waals surface area contributed by atoms with Crippen molar-refractivity contribution in [3.8, 4) is 0 Å². The maximum Gasteiger partial charge on any atom is 0.177 e. The van der Waals surface area contributed by atoms with Crippen LogP contribution in [0, 0.1) is 0 Å². The first-order chi connectivity index (χ1) is 9.59. The van der Waals surface area contributed by atoms with Crippen LogP contribution in [0.4, 0.5) is 0 Å². The largest absolute Gasteiger partial charge is 0.330 e. The molecule has 1 unspecified atom stereocenters. The number of rotatable bonds is 6. The van der Waals surface area contributed by atoms with Crippen LogP contribution < -0.4 is 5.44 Å². The van der Waals surface area contributed by atoms with Gasteiger partial charge in [-0.2, -0.15) is 0 Å². The summed E-state index contributed by atoms with van der Waals surface area (Å²) < 4.78 is 14.3. The molecule has 0 fully saturated rings. The van der Waals surface area contributed by atoms with Crippen molar-refractivity contribution in [3.05, 3.63) is 18.9 Å². The van der Waals surface area contributed by atoms with E-state index < -0.39 is 7.34 Å². The van der Waals surface area contributed by atoms with Crippen molar-refractivity contribution in [2.24, 2.45) is 0 Å². The van der Waals surface area contributed by atoms with Gasteiger partial charge in [0.15, 0.2) is 12.8 Å². The molecule has 5 nitrogen and oxygen atoms in total. The van der Waals surface area contributed by atoms with Gasteiger partial charge >= 0.3 is 0 Å². The van der Waals surface area contributed by atoms with E-state index in [1.54, 1.807) is 6.08 Å². The fraction of sp³-hybridized carbons (Fsp3) is 0.667. The Morgan fingerprint density at radius 2 is 1.90 bits per heavy atom. The Morgan fingerprint density at radius 1 is 1.29 bits per heavy atom. The number of nitrogens with zero attached hydrogens (tertiary/aromatic N) is 3. The zero-order valence-corrected chi connectivity index (χ0v) is 15.1. The highest BCUT2D eigenvalue weighted by Gasteiger charge is 2.32. The minimum absolute atomic E-state index is 0.0149. The van der Waals surface area contributed by atoms with Crippen LogP contribution in [0.2, 0.25) is 0 Å². The second-order valence-electron chi connectivity index (χ2n) is 6.49. The van der Waals surface area contributed by atoms with Crippen molar-refractivity contribution in [2.75, 3.05) is 0 Å². The van der Waals surface area contributed by atoms with E-state index in [-0.39, 0.29) is 17.7 Å². The molecule has 1 aromatic rings. The molecule has 0 radical (unpaired) electrons. The van der Waals surface area contributed by atoms with E-state index in [9.17, 15) is 0 Å². The zero-order valence-electron chi connectivity index (χ0n) is 14.2. The van der Waals surface area contributed by atoms with Gasteiger partial charge in [-0.15, -0.1) is 5.10 Å². The monoisotopic (exact) mass is 313 g/mol. The molecule has 1 heterocycles. The molecular formula is C15H28N3O2P. The topological polar surface area (TPSA) is 49.2 Å². The SMILES string of the molecule is C=CC=P(OC(C)C)(OC(C)(C)C)c1cn(C(C)C)nn1. The van der Waals surface area contributed by atoms with E-state index in [0.29, 0.717) is 0 Å². The summed E-state index contributed by atoms with van der Waals surface area (Å²) in [7, 11) is -2.48. The average molecular weight is 313 g/mol. The molecule has 6 heteroatoms. The third kappa shape index (κ3) is 5.10. The first-order valence-electron chi connectivity index (χ1n) is 7.27. The molecule has 1 atom stereocenters. The molecule has 0 saturated heterocycles. The van der Waals surface area contributed by atoms with Crippen LogP contribution in [-0.2, 0) is 9.05 Å². The highest BCUT2D eigenvalue weighted by molar-refractivity contribution is 7.73. The number of allylic oxidation sites excluding steroid dienone is 1. The molecule has 1 aromatic heterocycles. The standard InChI is InChI=1S/C15H28N3O2P/c1-9-10-21(19-13(4)5,20-15(6,7)8)14-11-18(12(2)3)17-16-14/h9-13H,1H2,2-8H3. The van der Waals surface area contributed by atoms with Crippen molar-refractivity contribution in [1.29, 1.82) is 0 Å². The van der Waals surface area contributed by atoms with E-state index in [4.69, 9.17) is 9.05 Å². The van der Waals surface area contributed by atoms with Gasteiger partial charge in [0.25, 0.3) is 0 Å². The number of hydrogen-bond donors (Lipinski definition) is 0. The summed E-state index contributed by atoms with van der Waals surface area (Å²) in [6.07, 6.45) is 3.64. The molecule has 0 bridgehead atoms. The van der Waals surface area contributed by atoms with Crippen LogP contribution >= 0.6 is 7.34 Å². The Hall–Kier alpha value is -0.900. The van der Waals surface area contributed by atoms with Gasteiger partial charge in [-0.1, -0.05) is 17.9 Å². The summed E-state index contributed by atoms with van der Waals surface area (Å²) in [6.45, 7) is 17.9. The number of aromatic nitrogens is 3. The molecular weight excluding hydrogens is 285 g/mol. The zero-order chi connectivity index (χ0) is 16.3. The Bertz CT molecular complexity index is 527. The van der Waals surface area contributed by atoms with Crippen LogP contribution in [0.3, 0.4) is 0 Å². The first kappa shape index (κ1) is 18.1. The van der Waals surface area contributed by atoms with Crippen molar-refractivity contribution in [1.82, 2.24) is 15.0 Å². The van der Waals surface area contributed by atoms with Gasteiger partial charge in [-0.25, -0.2) is 4.68 Å². The molecule has 0 amide bonds. The van der Waals surface area contributed by atoms with E-state index in [1.807, 2.05) is 51.3 Å². The highest BCUT2D eigenvalue weighted by atomic mass is 31.2. The van der Waals surface area contributed by atoms with Crippen LogP contribution in [0.15, 0.2) is 18.9 Å². The minimum atomic E-state index is -2.48. The summed E-state index contributed by atoms with van der Waals surface area (Å²) in [5.74, 6) is 1.90. The van der Waals surface area contributed by atoms with Crippen molar-refractivity contribution in [2.45, 2.75) is 66.2 Å². The van der Waals surface area contributed by atoms with Gasteiger partial charge in [0.2, 0.25) is 0 Å². The lowest BCUT2D eigenvalue weighted by Crippen LogP contribution is -2.26. The van der Waals surface area contributed by atoms with Gasteiger partial charge < -0.3 is 9.05 Å². The molecule has 21 heavy (non-hydrogen) atoms. The Balaban J connectivity index is 3.39. The smallest absolute Gasteiger partial charge is 0.177 e. The van der Waals surface area contributed by atoms with Crippen LogP contribution in [0.25, 0.3) is 0 Å². The molecule has 0 aliphatic rings. The van der Waals surface area contributed by atoms with Gasteiger partial charge in [0.05, 0.1) is 17.9 Å². The van der Waals surface area contributed by atoms with E-state index >= 15 is 0 Å². The summed E-state index contributed by atoms with van der Waals surface area (Å²) in [6, 6.07) is 0.241. The predicted molar refractivity (Wildman–Crippen MR) is 90.3 cm³/mol. The molecule has 0 aromatic carbocycles. The molecule has 0 N–H and O–H groups in total. The van der Waals surface area contributed by atoms with Crippen molar-refractivity contribution in [3.63, 3.8) is 0 Å². The third-order valence-electron chi connectivity index (χ3n) is 2.43. The van der Waals surface area contributed by atoms with Gasteiger partial charge in [-0.3, -0.25) is 0 Å². The van der Waals surface area contributed by atoms with E-state index in [0.717, 1.165) is 5.44 Å². The summed E-state index contributed by atoms with van der Waals surface area (Å²) in [5, 5.41) is 8.48. The van der Waals surface area contributed by atoms with Gasteiger partial charge in [-0.05, 0) is 54.3 Å². The third-order valence-corrected chi connectivity index (χ3v) is 5.43. The fourth-order valence-electron chi connectivity index (χ4n) is 1.79. The normalized spacial score (nSPS) is 15.3. The maximum atomic E-state index is 6.30. The molecule has 0 saturated carbocycles. The average Bonchev–Trinajstić information content (AvgIpc) is 2.75. The number of hydrogen-bond acceptors (Lipinski definition) is 4. The van der Waals surface area contributed by atoms with E-state index in [2.05, 4.69) is 30.7 Å². The highest BCUT2D eigenvalue weighted by Crippen LogP contribution is 2.52. The Kier molecular flexibility index (Phi) is 5.97. The lowest BCUT2D eigenvalue weighted by Gasteiger charge is -2.32. The second-order valence-corrected chi connectivity index (χ2v) is 8.83. The van der Waals surface area contributed by atoms with Crippen LogP contribution in [0.5, 0.6) is 0 Å². The first-order valence-corrected chi connectivity index (χ1v) is 8.96. The summed E-state index contributed by atoms with van der Waals surface area (Å²) >= 11 is 0. The lowest BCUT2D eigenvalue weighted by molar-refractivity contribution is 0.109. The maximum absolute atomic E-state index is 6.30. The van der Waals surface area contributed by atoms with Crippen LogP contribution in [-0.4, -0.2) is 32.5 Å². The van der Waals surface area contributed by atoms with Gasteiger partial charge in [0.1, 0.15) is 0 Å². The second kappa shape index (κ2) is 6.91. The fourth-order valence-corrected chi connectivity index (χ4v) is 4.48.